The van der Waals surface area contributed by atoms with E-state index in [4.69, 9.17) is 11.6 Å². The Bertz CT molecular complexity index is 844. The molecule has 0 saturated heterocycles. The third kappa shape index (κ3) is 4.17. The van der Waals surface area contributed by atoms with Gasteiger partial charge in [-0.05, 0) is 43.2 Å². The lowest BCUT2D eigenvalue weighted by molar-refractivity contribution is -0.116. The van der Waals surface area contributed by atoms with E-state index in [1.807, 2.05) is 43.3 Å². The molecule has 0 unspecified atom stereocenters. The molecule has 0 radical (unpaired) electrons. The van der Waals surface area contributed by atoms with Crippen LogP contribution >= 0.6 is 11.6 Å². The maximum atomic E-state index is 12.0. The van der Waals surface area contributed by atoms with Gasteiger partial charge in [0, 0.05) is 28.9 Å². The predicted octanol–water partition coefficient (Wildman–Crippen LogP) is 3.40. The number of nitrogens with one attached hydrogen (secondary N) is 2. The number of carbonyl (C=O) groups is 1. The number of hydrogen-bond donors (Lipinski definition) is 2. The third-order valence-electron chi connectivity index (χ3n) is 3.46. The Balaban J connectivity index is 1.58. The standard InChI is InChI=1S/C17H16ClN5O/c1-11-10-13(8-9-19-11)16-21-17(23-22-16)20-15(24)7-4-12-2-5-14(18)6-3-12/h2-3,5-6,8-10H,4,7H2,1H3,(H2,20,21,22,23,24). The minimum Gasteiger partial charge on any atom is -0.293 e. The van der Waals surface area contributed by atoms with Gasteiger partial charge in [0.1, 0.15) is 0 Å². The van der Waals surface area contributed by atoms with Crippen molar-refractivity contribution in [3.05, 3.63) is 58.9 Å². The lowest BCUT2D eigenvalue weighted by Gasteiger charge is -2.02. The van der Waals surface area contributed by atoms with Crippen molar-refractivity contribution in [2.45, 2.75) is 19.8 Å². The molecule has 7 heteroatoms. The highest BCUT2D eigenvalue weighted by molar-refractivity contribution is 6.30. The first-order chi connectivity index (χ1) is 11.6. The number of pyridine rings is 1. The van der Waals surface area contributed by atoms with E-state index in [9.17, 15) is 4.79 Å². The molecule has 0 bridgehead atoms. The Labute approximate surface area is 144 Å². The van der Waals surface area contributed by atoms with Gasteiger partial charge in [0.25, 0.3) is 0 Å². The highest BCUT2D eigenvalue weighted by Gasteiger charge is 2.09. The smallest absolute Gasteiger partial charge is 0.249 e. The van der Waals surface area contributed by atoms with Crippen LogP contribution in [0.3, 0.4) is 0 Å². The van der Waals surface area contributed by atoms with Crippen molar-refractivity contribution < 1.29 is 4.79 Å². The minimum absolute atomic E-state index is 0.138. The summed E-state index contributed by atoms with van der Waals surface area (Å²) in [5.41, 5.74) is 2.81. The minimum atomic E-state index is -0.138. The number of aromatic amines is 1. The highest BCUT2D eigenvalue weighted by Crippen LogP contribution is 2.16. The molecular weight excluding hydrogens is 326 g/mol. The Kier molecular flexibility index (Phi) is 4.86. The Morgan fingerprint density at radius 2 is 2.04 bits per heavy atom. The van der Waals surface area contributed by atoms with Gasteiger partial charge < -0.3 is 0 Å². The lowest BCUT2D eigenvalue weighted by atomic mass is 10.1. The second-order valence-corrected chi connectivity index (χ2v) is 5.80. The van der Waals surface area contributed by atoms with Gasteiger partial charge in [-0.3, -0.25) is 20.2 Å². The number of carbonyl (C=O) groups excluding carboxylic acids is 1. The van der Waals surface area contributed by atoms with Crippen molar-refractivity contribution >= 4 is 23.5 Å². The second kappa shape index (κ2) is 7.23. The van der Waals surface area contributed by atoms with E-state index in [1.54, 1.807) is 6.20 Å². The van der Waals surface area contributed by atoms with Crippen LogP contribution in [0.25, 0.3) is 11.4 Å². The molecule has 0 spiro atoms. The fourth-order valence-electron chi connectivity index (χ4n) is 2.24. The summed E-state index contributed by atoms with van der Waals surface area (Å²) >= 11 is 5.84. The van der Waals surface area contributed by atoms with Crippen LogP contribution in [0.1, 0.15) is 17.7 Å². The molecule has 1 aromatic carbocycles. The first kappa shape index (κ1) is 16.1. The van der Waals surface area contributed by atoms with Crippen molar-refractivity contribution in [2.75, 3.05) is 5.32 Å². The zero-order chi connectivity index (χ0) is 16.9. The maximum absolute atomic E-state index is 12.0. The van der Waals surface area contributed by atoms with E-state index < -0.39 is 0 Å². The molecule has 0 saturated carbocycles. The maximum Gasteiger partial charge on any atom is 0.249 e. The molecule has 24 heavy (non-hydrogen) atoms. The molecule has 3 rings (SSSR count). The molecule has 2 N–H and O–H groups in total. The van der Waals surface area contributed by atoms with E-state index in [0.29, 0.717) is 23.7 Å². The van der Waals surface area contributed by atoms with Gasteiger partial charge in [-0.1, -0.05) is 23.7 Å². The average molecular weight is 342 g/mol. The highest BCUT2D eigenvalue weighted by atomic mass is 35.5. The number of nitrogens with zero attached hydrogens (tertiary/aromatic N) is 3. The molecule has 0 aliphatic rings. The van der Waals surface area contributed by atoms with Crippen LogP contribution in [0.5, 0.6) is 0 Å². The predicted molar refractivity (Wildman–Crippen MR) is 92.8 cm³/mol. The van der Waals surface area contributed by atoms with Crippen LogP contribution < -0.4 is 5.32 Å². The first-order valence-corrected chi connectivity index (χ1v) is 7.88. The summed E-state index contributed by atoms with van der Waals surface area (Å²) in [6.45, 7) is 1.90. The monoisotopic (exact) mass is 341 g/mol. The number of rotatable bonds is 5. The number of H-pyrrole nitrogens is 1. The third-order valence-corrected chi connectivity index (χ3v) is 3.71. The summed E-state index contributed by atoms with van der Waals surface area (Å²) in [7, 11) is 0. The summed E-state index contributed by atoms with van der Waals surface area (Å²) in [6.07, 6.45) is 2.68. The normalized spacial score (nSPS) is 10.6. The van der Waals surface area contributed by atoms with E-state index in [1.165, 1.54) is 0 Å². The van der Waals surface area contributed by atoms with Crippen molar-refractivity contribution in [3.8, 4) is 11.4 Å². The topological polar surface area (TPSA) is 83.6 Å². The van der Waals surface area contributed by atoms with E-state index in [-0.39, 0.29) is 11.9 Å². The summed E-state index contributed by atoms with van der Waals surface area (Å²) in [4.78, 5) is 20.4. The van der Waals surface area contributed by atoms with Crippen LogP contribution in [0.15, 0.2) is 42.6 Å². The van der Waals surface area contributed by atoms with E-state index in [0.717, 1.165) is 16.8 Å². The lowest BCUT2D eigenvalue weighted by Crippen LogP contribution is -2.13. The van der Waals surface area contributed by atoms with Crippen LogP contribution in [0.2, 0.25) is 5.02 Å². The van der Waals surface area contributed by atoms with Crippen LogP contribution in [-0.2, 0) is 11.2 Å². The van der Waals surface area contributed by atoms with Gasteiger partial charge in [0.15, 0.2) is 5.82 Å². The van der Waals surface area contributed by atoms with Crippen LogP contribution in [-0.4, -0.2) is 26.1 Å². The SMILES string of the molecule is Cc1cc(-c2nc(NC(=O)CCc3ccc(Cl)cc3)n[nH]2)ccn1. The van der Waals surface area contributed by atoms with Gasteiger partial charge in [-0.15, -0.1) is 5.10 Å². The quantitative estimate of drug-likeness (QED) is 0.745. The molecule has 0 aliphatic carbocycles. The molecule has 0 aliphatic heterocycles. The molecular formula is C17H16ClN5O. The molecule has 122 valence electrons. The van der Waals surface area contributed by atoms with Crippen molar-refractivity contribution in [2.24, 2.45) is 0 Å². The Morgan fingerprint density at radius 1 is 1.25 bits per heavy atom. The summed E-state index contributed by atoms with van der Waals surface area (Å²) in [6, 6.07) is 11.2. The average Bonchev–Trinajstić information content (AvgIpc) is 3.03. The molecule has 2 heterocycles. The molecule has 0 atom stereocenters. The van der Waals surface area contributed by atoms with Crippen LogP contribution in [0.4, 0.5) is 5.95 Å². The van der Waals surface area contributed by atoms with Crippen molar-refractivity contribution in [1.82, 2.24) is 20.2 Å². The first-order valence-electron chi connectivity index (χ1n) is 7.50. The Morgan fingerprint density at radius 3 is 2.79 bits per heavy atom. The van der Waals surface area contributed by atoms with Gasteiger partial charge in [0.2, 0.25) is 11.9 Å². The van der Waals surface area contributed by atoms with Crippen molar-refractivity contribution in [3.63, 3.8) is 0 Å². The largest absolute Gasteiger partial charge is 0.293 e. The number of aryl methyl sites for hydroxylation is 2. The number of halogens is 1. The fraction of sp³-hybridized carbons (Fsp3) is 0.176. The zero-order valence-corrected chi connectivity index (χ0v) is 13.8. The van der Waals surface area contributed by atoms with Gasteiger partial charge in [-0.25, -0.2) is 0 Å². The molecule has 3 aromatic rings. The van der Waals surface area contributed by atoms with Gasteiger partial charge >= 0.3 is 0 Å². The number of aromatic nitrogens is 4. The van der Waals surface area contributed by atoms with Gasteiger partial charge in [0.05, 0.1) is 0 Å². The Hall–Kier alpha value is -2.73. The number of amides is 1. The fourth-order valence-corrected chi connectivity index (χ4v) is 2.36. The summed E-state index contributed by atoms with van der Waals surface area (Å²) in [5, 5.41) is 10.2. The van der Waals surface area contributed by atoms with Gasteiger partial charge in [-0.2, -0.15) is 4.98 Å². The van der Waals surface area contributed by atoms with Crippen molar-refractivity contribution in [1.29, 1.82) is 0 Å². The number of benzene rings is 1. The molecule has 6 nitrogen and oxygen atoms in total. The number of anilines is 1. The van der Waals surface area contributed by atoms with E-state index >= 15 is 0 Å². The molecule has 0 fully saturated rings. The zero-order valence-electron chi connectivity index (χ0n) is 13.1. The summed E-state index contributed by atoms with van der Waals surface area (Å²) in [5.74, 6) is 0.718. The van der Waals surface area contributed by atoms with Crippen LogP contribution in [0, 0.1) is 6.92 Å². The molecule has 2 aromatic heterocycles. The van der Waals surface area contributed by atoms with E-state index in [2.05, 4.69) is 25.5 Å². The second-order valence-electron chi connectivity index (χ2n) is 5.37. The number of hydrogen-bond acceptors (Lipinski definition) is 4. The summed E-state index contributed by atoms with van der Waals surface area (Å²) < 4.78 is 0. The molecule has 1 amide bonds.